The number of rotatable bonds is 5. The second-order valence-electron chi connectivity index (χ2n) is 4.15. The van der Waals surface area contributed by atoms with E-state index in [9.17, 15) is 0 Å². The summed E-state index contributed by atoms with van der Waals surface area (Å²) >= 11 is 0. The molecule has 0 spiro atoms. The average Bonchev–Trinajstić information content (AvgIpc) is 2.38. The van der Waals surface area contributed by atoms with Gasteiger partial charge in [-0.3, -0.25) is 0 Å². The lowest BCUT2D eigenvalue weighted by Gasteiger charge is -2.11. The predicted molar refractivity (Wildman–Crippen MR) is 73.8 cm³/mol. The fourth-order valence-corrected chi connectivity index (χ4v) is 1.89. The van der Waals surface area contributed by atoms with Crippen LogP contribution in [-0.4, -0.2) is 6.61 Å². The summed E-state index contributed by atoms with van der Waals surface area (Å²) in [5.74, 6) is 0.773. The van der Waals surface area contributed by atoms with Crippen LogP contribution in [0.4, 0.5) is 0 Å². The SMILES string of the molecule is C=C(OCCCC)c1cccc2ccccc12. The number of ether oxygens (including phenoxy) is 1. The third-order valence-corrected chi connectivity index (χ3v) is 2.86. The molecule has 0 N–H and O–H groups in total. The van der Waals surface area contributed by atoms with Gasteiger partial charge in [-0.15, -0.1) is 0 Å². The summed E-state index contributed by atoms with van der Waals surface area (Å²) < 4.78 is 5.68. The zero-order chi connectivity index (χ0) is 12.1. The van der Waals surface area contributed by atoms with Gasteiger partial charge in [-0.1, -0.05) is 62.4 Å². The minimum Gasteiger partial charge on any atom is -0.494 e. The van der Waals surface area contributed by atoms with Crippen molar-refractivity contribution in [2.24, 2.45) is 0 Å². The molecule has 0 saturated carbocycles. The van der Waals surface area contributed by atoms with Gasteiger partial charge in [0.15, 0.2) is 0 Å². The first-order chi connectivity index (χ1) is 8.33. The molecule has 1 heteroatoms. The number of hydrogen-bond donors (Lipinski definition) is 0. The maximum absolute atomic E-state index is 5.68. The molecule has 0 aliphatic heterocycles. The van der Waals surface area contributed by atoms with E-state index in [1.165, 1.54) is 10.8 Å². The van der Waals surface area contributed by atoms with Crippen molar-refractivity contribution in [1.82, 2.24) is 0 Å². The van der Waals surface area contributed by atoms with Gasteiger partial charge in [0.2, 0.25) is 0 Å². The quantitative estimate of drug-likeness (QED) is 0.533. The molecule has 0 saturated heterocycles. The summed E-state index contributed by atoms with van der Waals surface area (Å²) in [6.07, 6.45) is 2.21. The van der Waals surface area contributed by atoms with E-state index in [2.05, 4.69) is 37.8 Å². The molecule has 0 aliphatic carbocycles. The molecule has 2 aromatic carbocycles. The van der Waals surface area contributed by atoms with Gasteiger partial charge in [0.25, 0.3) is 0 Å². The third-order valence-electron chi connectivity index (χ3n) is 2.86. The first-order valence-electron chi connectivity index (χ1n) is 6.12. The van der Waals surface area contributed by atoms with Crippen molar-refractivity contribution in [3.63, 3.8) is 0 Å². The van der Waals surface area contributed by atoms with Crippen LogP contribution >= 0.6 is 0 Å². The topological polar surface area (TPSA) is 9.23 Å². The Morgan fingerprint density at radius 1 is 1.12 bits per heavy atom. The Kier molecular flexibility index (Phi) is 3.81. The van der Waals surface area contributed by atoms with Crippen LogP contribution in [0.25, 0.3) is 16.5 Å². The van der Waals surface area contributed by atoms with Gasteiger partial charge in [-0.25, -0.2) is 0 Å². The summed E-state index contributed by atoms with van der Waals surface area (Å²) in [6.45, 7) is 6.93. The van der Waals surface area contributed by atoms with Crippen molar-refractivity contribution < 1.29 is 4.74 Å². The number of hydrogen-bond acceptors (Lipinski definition) is 1. The molecule has 0 radical (unpaired) electrons. The molecule has 1 nitrogen and oxygen atoms in total. The molecule has 2 rings (SSSR count). The van der Waals surface area contributed by atoms with Gasteiger partial charge in [-0.05, 0) is 17.2 Å². The van der Waals surface area contributed by atoms with Crippen LogP contribution < -0.4 is 0 Å². The van der Waals surface area contributed by atoms with E-state index >= 15 is 0 Å². The van der Waals surface area contributed by atoms with Crippen molar-refractivity contribution in [1.29, 1.82) is 0 Å². The van der Waals surface area contributed by atoms with E-state index in [4.69, 9.17) is 4.74 Å². The molecule has 0 amide bonds. The second-order valence-corrected chi connectivity index (χ2v) is 4.15. The molecule has 0 aliphatic rings. The Balaban J connectivity index is 2.26. The molecule has 0 aromatic heterocycles. The van der Waals surface area contributed by atoms with Gasteiger partial charge in [0, 0.05) is 5.56 Å². The largest absolute Gasteiger partial charge is 0.494 e. The van der Waals surface area contributed by atoms with Crippen molar-refractivity contribution in [3.05, 3.63) is 54.6 Å². The van der Waals surface area contributed by atoms with E-state index in [-0.39, 0.29) is 0 Å². The van der Waals surface area contributed by atoms with Gasteiger partial charge >= 0.3 is 0 Å². The molecule has 0 bridgehead atoms. The summed E-state index contributed by atoms with van der Waals surface area (Å²) in [6, 6.07) is 14.5. The van der Waals surface area contributed by atoms with Gasteiger partial charge in [-0.2, -0.15) is 0 Å². The summed E-state index contributed by atoms with van der Waals surface area (Å²) in [4.78, 5) is 0. The summed E-state index contributed by atoms with van der Waals surface area (Å²) in [5, 5.41) is 2.43. The number of fused-ring (bicyclic) bond motifs is 1. The van der Waals surface area contributed by atoms with E-state index in [0.29, 0.717) is 0 Å². The van der Waals surface area contributed by atoms with Crippen LogP contribution in [0, 0.1) is 0 Å². The monoisotopic (exact) mass is 226 g/mol. The summed E-state index contributed by atoms with van der Waals surface area (Å²) in [5.41, 5.74) is 1.10. The van der Waals surface area contributed by atoms with Gasteiger partial charge in [0.05, 0.1) is 6.61 Å². The van der Waals surface area contributed by atoms with Crippen molar-refractivity contribution in [2.45, 2.75) is 19.8 Å². The number of unbranched alkanes of at least 4 members (excludes halogenated alkanes) is 1. The van der Waals surface area contributed by atoms with Gasteiger partial charge < -0.3 is 4.74 Å². The zero-order valence-corrected chi connectivity index (χ0v) is 10.3. The Morgan fingerprint density at radius 3 is 2.71 bits per heavy atom. The average molecular weight is 226 g/mol. The highest BCUT2D eigenvalue weighted by Crippen LogP contribution is 2.24. The first kappa shape index (κ1) is 11.7. The normalized spacial score (nSPS) is 10.4. The highest BCUT2D eigenvalue weighted by atomic mass is 16.5. The van der Waals surface area contributed by atoms with Crippen molar-refractivity contribution >= 4 is 16.5 Å². The molecule has 0 unspecified atom stereocenters. The minimum absolute atomic E-state index is 0.749. The van der Waals surface area contributed by atoms with Crippen molar-refractivity contribution in [3.8, 4) is 0 Å². The molecule has 17 heavy (non-hydrogen) atoms. The molecular weight excluding hydrogens is 208 g/mol. The third kappa shape index (κ3) is 2.68. The maximum Gasteiger partial charge on any atom is 0.119 e. The maximum atomic E-state index is 5.68. The van der Waals surface area contributed by atoms with E-state index in [0.717, 1.165) is 30.8 Å². The second kappa shape index (κ2) is 5.53. The Bertz CT molecular complexity index is 508. The van der Waals surface area contributed by atoms with E-state index < -0.39 is 0 Å². The van der Waals surface area contributed by atoms with Crippen LogP contribution in [0.15, 0.2) is 49.0 Å². The fourth-order valence-electron chi connectivity index (χ4n) is 1.89. The van der Waals surface area contributed by atoms with Gasteiger partial charge in [0.1, 0.15) is 5.76 Å². The fraction of sp³-hybridized carbons (Fsp3) is 0.250. The van der Waals surface area contributed by atoms with Crippen LogP contribution in [-0.2, 0) is 4.74 Å². The predicted octanol–water partition coefficient (Wildman–Crippen LogP) is 4.63. The highest BCUT2D eigenvalue weighted by molar-refractivity contribution is 5.92. The lowest BCUT2D eigenvalue weighted by Crippen LogP contribution is -1.94. The minimum atomic E-state index is 0.749. The lowest BCUT2D eigenvalue weighted by molar-refractivity contribution is 0.271. The van der Waals surface area contributed by atoms with Crippen molar-refractivity contribution in [2.75, 3.05) is 6.61 Å². The smallest absolute Gasteiger partial charge is 0.119 e. The van der Waals surface area contributed by atoms with E-state index in [1.54, 1.807) is 0 Å². The molecular formula is C16H18O. The van der Waals surface area contributed by atoms with E-state index in [1.807, 2.05) is 18.2 Å². The lowest BCUT2D eigenvalue weighted by atomic mass is 10.0. The standard InChI is InChI=1S/C16H18O/c1-3-4-12-17-13(2)15-11-7-9-14-8-5-6-10-16(14)15/h5-11H,2-4,12H2,1H3. The molecule has 88 valence electrons. The number of benzene rings is 2. The van der Waals surface area contributed by atoms with Crippen LogP contribution in [0.1, 0.15) is 25.3 Å². The Labute approximate surface area is 103 Å². The molecule has 0 heterocycles. The molecule has 0 atom stereocenters. The Hall–Kier alpha value is -1.76. The zero-order valence-electron chi connectivity index (χ0n) is 10.3. The molecule has 2 aromatic rings. The summed E-state index contributed by atoms with van der Waals surface area (Å²) in [7, 11) is 0. The highest BCUT2D eigenvalue weighted by Gasteiger charge is 2.04. The first-order valence-corrected chi connectivity index (χ1v) is 6.12. The Morgan fingerprint density at radius 2 is 1.88 bits per heavy atom. The van der Waals surface area contributed by atoms with Crippen LogP contribution in [0.2, 0.25) is 0 Å². The van der Waals surface area contributed by atoms with Crippen LogP contribution in [0.3, 0.4) is 0 Å². The van der Waals surface area contributed by atoms with Crippen LogP contribution in [0.5, 0.6) is 0 Å². The molecule has 0 fully saturated rings.